The smallest absolute Gasteiger partial charge is 0.244 e. The highest BCUT2D eigenvalue weighted by Crippen LogP contribution is 2.17. The van der Waals surface area contributed by atoms with Crippen molar-refractivity contribution in [2.24, 2.45) is 0 Å². The average Bonchev–Trinajstić information content (AvgIpc) is 2.65. The van der Waals surface area contributed by atoms with E-state index in [1.165, 1.54) is 25.7 Å². The molecule has 0 unspecified atom stereocenters. The first-order chi connectivity index (χ1) is 9.24. The van der Waals surface area contributed by atoms with Crippen LogP contribution in [0.2, 0.25) is 5.02 Å². The Balaban J connectivity index is 1.86. The molecule has 0 radical (unpaired) electrons. The van der Waals surface area contributed by atoms with Gasteiger partial charge in [0.25, 0.3) is 0 Å². The van der Waals surface area contributed by atoms with Crippen LogP contribution >= 0.6 is 11.6 Å². The van der Waals surface area contributed by atoms with E-state index in [1.54, 1.807) is 12.2 Å². The fourth-order valence-electron chi connectivity index (χ4n) is 2.46. The van der Waals surface area contributed by atoms with Crippen molar-refractivity contribution < 1.29 is 4.79 Å². The van der Waals surface area contributed by atoms with E-state index in [2.05, 4.69) is 5.32 Å². The zero-order valence-corrected chi connectivity index (χ0v) is 11.8. The van der Waals surface area contributed by atoms with Crippen molar-refractivity contribution in [3.8, 4) is 0 Å². The molecule has 1 fully saturated rings. The van der Waals surface area contributed by atoms with E-state index in [0.29, 0.717) is 11.1 Å². The van der Waals surface area contributed by atoms with Crippen LogP contribution in [0.1, 0.15) is 44.1 Å². The van der Waals surface area contributed by atoms with E-state index in [1.807, 2.05) is 24.3 Å². The molecule has 1 aromatic rings. The highest BCUT2D eigenvalue weighted by atomic mass is 35.5. The molecule has 1 N–H and O–H groups in total. The highest BCUT2D eigenvalue weighted by molar-refractivity contribution is 6.30. The maximum atomic E-state index is 11.9. The van der Waals surface area contributed by atoms with E-state index in [-0.39, 0.29) is 5.91 Å². The summed E-state index contributed by atoms with van der Waals surface area (Å²) in [6, 6.07) is 7.83. The van der Waals surface area contributed by atoms with E-state index >= 15 is 0 Å². The van der Waals surface area contributed by atoms with Gasteiger partial charge in [0.05, 0.1) is 0 Å². The Hall–Kier alpha value is -1.28. The van der Waals surface area contributed by atoms with Crippen LogP contribution in [-0.2, 0) is 4.79 Å². The number of hydrogen-bond acceptors (Lipinski definition) is 1. The van der Waals surface area contributed by atoms with Gasteiger partial charge in [-0.25, -0.2) is 0 Å². The van der Waals surface area contributed by atoms with Gasteiger partial charge in [-0.3, -0.25) is 4.79 Å². The molecule has 1 amide bonds. The molecule has 1 saturated carbocycles. The Morgan fingerprint density at radius 3 is 2.63 bits per heavy atom. The zero-order chi connectivity index (χ0) is 13.5. The van der Waals surface area contributed by atoms with Crippen LogP contribution in [0.15, 0.2) is 30.3 Å². The Labute approximate surface area is 119 Å². The number of rotatable bonds is 3. The van der Waals surface area contributed by atoms with E-state index in [4.69, 9.17) is 11.6 Å². The Kier molecular flexibility index (Phi) is 5.46. The largest absolute Gasteiger partial charge is 0.350 e. The second-order valence-corrected chi connectivity index (χ2v) is 5.52. The number of carbonyl (C=O) groups is 1. The lowest BCUT2D eigenvalue weighted by molar-refractivity contribution is -0.117. The average molecular weight is 278 g/mol. The van der Waals surface area contributed by atoms with Crippen LogP contribution in [0.4, 0.5) is 0 Å². The molecular formula is C16H20ClNO. The van der Waals surface area contributed by atoms with E-state index in [9.17, 15) is 4.79 Å². The first kappa shape index (κ1) is 14.1. The SMILES string of the molecule is O=C(/C=C\c1cccc(Cl)c1)NC1CCCCCC1. The van der Waals surface area contributed by atoms with Crippen LogP contribution < -0.4 is 5.32 Å². The molecule has 0 aromatic heterocycles. The van der Waals surface area contributed by atoms with Crippen LogP contribution in [0.25, 0.3) is 6.08 Å². The van der Waals surface area contributed by atoms with Gasteiger partial charge in [0.15, 0.2) is 0 Å². The fourth-order valence-corrected chi connectivity index (χ4v) is 2.65. The van der Waals surface area contributed by atoms with E-state index < -0.39 is 0 Å². The van der Waals surface area contributed by atoms with Crippen molar-refractivity contribution in [3.05, 3.63) is 40.9 Å². The molecule has 0 aliphatic heterocycles. The zero-order valence-electron chi connectivity index (χ0n) is 11.1. The summed E-state index contributed by atoms with van der Waals surface area (Å²) in [4.78, 5) is 11.9. The minimum absolute atomic E-state index is 0.00752. The van der Waals surface area contributed by atoms with Crippen LogP contribution in [0, 0.1) is 0 Å². The maximum Gasteiger partial charge on any atom is 0.244 e. The van der Waals surface area contributed by atoms with E-state index in [0.717, 1.165) is 18.4 Å². The van der Waals surface area contributed by atoms with Gasteiger partial charge in [-0.2, -0.15) is 0 Å². The van der Waals surface area contributed by atoms with Crippen molar-refractivity contribution in [3.63, 3.8) is 0 Å². The molecule has 1 aliphatic rings. The third-order valence-corrected chi connectivity index (χ3v) is 3.71. The highest BCUT2D eigenvalue weighted by Gasteiger charge is 2.12. The molecule has 0 saturated heterocycles. The van der Waals surface area contributed by atoms with Crippen molar-refractivity contribution in [1.29, 1.82) is 0 Å². The Bertz CT molecular complexity index is 448. The number of halogens is 1. The molecule has 0 bridgehead atoms. The summed E-state index contributed by atoms with van der Waals surface area (Å²) in [7, 11) is 0. The molecule has 1 aromatic carbocycles. The van der Waals surface area contributed by atoms with Crippen molar-refractivity contribution in [1.82, 2.24) is 5.32 Å². The summed E-state index contributed by atoms with van der Waals surface area (Å²) in [5, 5.41) is 3.77. The van der Waals surface area contributed by atoms with Gasteiger partial charge in [0.1, 0.15) is 0 Å². The molecule has 0 atom stereocenters. The van der Waals surface area contributed by atoms with Crippen LogP contribution in [0.5, 0.6) is 0 Å². The number of amides is 1. The standard InChI is InChI=1S/C16H20ClNO/c17-14-7-5-6-13(12-14)10-11-16(19)18-15-8-3-1-2-4-9-15/h5-7,10-12,15H,1-4,8-9H2,(H,18,19)/b11-10-. The quantitative estimate of drug-likeness (QED) is 0.651. The van der Waals surface area contributed by atoms with Gasteiger partial charge < -0.3 is 5.32 Å². The van der Waals surface area contributed by atoms with Crippen molar-refractivity contribution in [2.75, 3.05) is 0 Å². The summed E-state index contributed by atoms with van der Waals surface area (Å²) in [6.45, 7) is 0. The summed E-state index contributed by atoms with van der Waals surface area (Å²) in [6.07, 6.45) is 10.7. The normalized spacial score (nSPS) is 17.3. The van der Waals surface area contributed by atoms with Gasteiger partial charge >= 0.3 is 0 Å². The number of carbonyl (C=O) groups excluding carboxylic acids is 1. The summed E-state index contributed by atoms with van der Waals surface area (Å²) in [5.41, 5.74) is 0.948. The molecular weight excluding hydrogens is 258 g/mol. The monoisotopic (exact) mass is 277 g/mol. The summed E-state index contributed by atoms with van der Waals surface area (Å²) < 4.78 is 0. The Morgan fingerprint density at radius 1 is 1.21 bits per heavy atom. The molecule has 0 spiro atoms. The minimum atomic E-state index is -0.00752. The first-order valence-corrected chi connectivity index (χ1v) is 7.36. The lowest BCUT2D eigenvalue weighted by Gasteiger charge is -2.14. The van der Waals surface area contributed by atoms with Crippen LogP contribution in [0.3, 0.4) is 0 Å². The predicted octanol–water partition coefficient (Wildman–Crippen LogP) is 4.19. The molecule has 3 heteroatoms. The molecule has 0 heterocycles. The number of hydrogen-bond donors (Lipinski definition) is 1. The van der Waals surface area contributed by atoms with Crippen LogP contribution in [-0.4, -0.2) is 11.9 Å². The molecule has 2 nitrogen and oxygen atoms in total. The molecule has 19 heavy (non-hydrogen) atoms. The van der Waals surface area contributed by atoms with Gasteiger partial charge in [-0.15, -0.1) is 0 Å². The van der Waals surface area contributed by atoms with Crippen molar-refractivity contribution >= 4 is 23.6 Å². The second-order valence-electron chi connectivity index (χ2n) is 5.09. The first-order valence-electron chi connectivity index (χ1n) is 6.98. The third-order valence-electron chi connectivity index (χ3n) is 3.48. The number of benzene rings is 1. The minimum Gasteiger partial charge on any atom is -0.350 e. The third kappa shape index (κ3) is 5.07. The summed E-state index contributed by atoms with van der Waals surface area (Å²) in [5.74, 6) is -0.00752. The fraction of sp³-hybridized carbons (Fsp3) is 0.438. The predicted molar refractivity (Wildman–Crippen MR) is 80.1 cm³/mol. The lowest BCUT2D eigenvalue weighted by Crippen LogP contribution is -2.33. The molecule has 2 rings (SSSR count). The number of nitrogens with one attached hydrogen (secondary N) is 1. The maximum absolute atomic E-state index is 11.9. The second kappa shape index (κ2) is 7.34. The van der Waals surface area contributed by atoms with Gasteiger partial charge in [0.2, 0.25) is 5.91 Å². The van der Waals surface area contributed by atoms with Gasteiger partial charge in [0, 0.05) is 17.1 Å². The summed E-state index contributed by atoms with van der Waals surface area (Å²) >= 11 is 5.90. The molecule has 102 valence electrons. The lowest BCUT2D eigenvalue weighted by atomic mass is 10.1. The van der Waals surface area contributed by atoms with Crippen molar-refractivity contribution in [2.45, 2.75) is 44.6 Å². The Morgan fingerprint density at radius 2 is 1.95 bits per heavy atom. The topological polar surface area (TPSA) is 29.1 Å². The van der Waals surface area contributed by atoms with Gasteiger partial charge in [-0.05, 0) is 36.6 Å². The molecule has 1 aliphatic carbocycles. The van der Waals surface area contributed by atoms with Gasteiger partial charge in [-0.1, -0.05) is 49.4 Å².